The zero-order valence-corrected chi connectivity index (χ0v) is 11.6. The lowest BCUT2D eigenvalue weighted by molar-refractivity contribution is 0.0935. The van der Waals surface area contributed by atoms with E-state index in [-0.39, 0.29) is 16.9 Å². The van der Waals surface area contributed by atoms with Gasteiger partial charge in [-0.05, 0) is 24.7 Å². The maximum atomic E-state index is 11.9. The van der Waals surface area contributed by atoms with E-state index in [0.717, 1.165) is 12.8 Å². The number of halogens is 1. The number of pyridine rings is 1. The highest BCUT2D eigenvalue weighted by Gasteiger charge is 2.24. The molecule has 1 amide bonds. The number of aromatic nitrogens is 1. The Balaban J connectivity index is 1.93. The van der Waals surface area contributed by atoms with Crippen LogP contribution in [0.4, 0.5) is 0 Å². The normalized spacial score (nSPS) is 23.0. The Labute approximate surface area is 117 Å². The minimum absolute atomic E-state index is 0.167. The molecule has 1 aliphatic rings. The van der Waals surface area contributed by atoms with E-state index < -0.39 is 0 Å². The van der Waals surface area contributed by atoms with Crippen LogP contribution in [0.15, 0.2) is 23.3 Å². The molecule has 0 saturated heterocycles. The Kier molecular flexibility index (Phi) is 5.02. The number of nitrogens with one attached hydrogen (secondary N) is 2. The SMILES string of the molecule is O=C(NCC1CCCCC1CCl)c1c[nH]ccc1=O. The monoisotopic (exact) mass is 282 g/mol. The molecule has 1 aliphatic carbocycles. The fourth-order valence-corrected chi connectivity index (χ4v) is 3.08. The second-order valence-electron chi connectivity index (χ2n) is 5.09. The van der Waals surface area contributed by atoms with E-state index in [4.69, 9.17) is 11.6 Å². The maximum absolute atomic E-state index is 11.9. The Hall–Kier alpha value is -1.29. The summed E-state index contributed by atoms with van der Waals surface area (Å²) >= 11 is 5.96. The summed E-state index contributed by atoms with van der Waals surface area (Å²) in [5.41, 5.74) is -0.0884. The van der Waals surface area contributed by atoms with Crippen molar-refractivity contribution in [3.8, 4) is 0 Å². The van der Waals surface area contributed by atoms with Crippen molar-refractivity contribution in [3.05, 3.63) is 34.2 Å². The van der Waals surface area contributed by atoms with Crippen LogP contribution in [0.1, 0.15) is 36.0 Å². The number of alkyl halides is 1. The van der Waals surface area contributed by atoms with Crippen LogP contribution in [0.25, 0.3) is 0 Å². The number of aromatic amines is 1. The Morgan fingerprint density at radius 3 is 2.79 bits per heavy atom. The molecule has 5 heteroatoms. The molecule has 2 unspecified atom stereocenters. The first-order valence-corrected chi connectivity index (χ1v) is 7.27. The molecule has 19 heavy (non-hydrogen) atoms. The van der Waals surface area contributed by atoms with Gasteiger partial charge in [-0.2, -0.15) is 0 Å². The largest absolute Gasteiger partial charge is 0.367 e. The van der Waals surface area contributed by atoms with Crippen molar-refractivity contribution in [3.63, 3.8) is 0 Å². The predicted octanol–water partition coefficient (Wildman–Crippen LogP) is 2.15. The number of H-pyrrole nitrogens is 1. The van der Waals surface area contributed by atoms with Crippen molar-refractivity contribution >= 4 is 17.5 Å². The van der Waals surface area contributed by atoms with Crippen molar-refractivity contribution in [2.75, 3.05) is 12.4 Å². The highest BCUT2D eigenvalue weighted by molar-refractivity contribution is 6.18. The summed E-state index contributed by atoms with van der Waals surface area (Å²) < 4.78 is 0. The molecule has 0 bridgehead atoms. The minimum atomic E-state index is -0.305. The number of hydrogen-bond acceptors (Lipinski definition) is 2. The van der Waals surface area contributed by atoms with Gasteiger partial charge in [-0.3, -0.25) is 9.59 Å². The van der Waals surface area contributed by atoms with Crippen LogP contribution in [0, 0.1) is 11.8 Å². The summed E-state index contributed by atoms with van der Waals surface area (Å²) in [7, 11) is 0. The predicted molar refractivity (Wildman–Crippen MR) is 75.6 cm³/mol. The first-order valence-electron chi connectivity index (χ1n) is 6.73. The summed E-state index contributed by atoms with van der Waals surface area (Å²) in [5, 5.41) is 2.86. The smallest absolute Gasteiger partial charge is 0.256 e. The topological polar surface area (TPSA) is 62.0 Å². The van der Waals surface area contributed by atoms with E-state index in [1.54, 1.807) is 0 Å². The number of rotatable bonds is 4. The zero-order chi connectivity index (χ0) is 13.7. The molecule has 4 nitrogen and oxygen atoms in total. The summed E-state index contributed by atoms with van der Waals surface area (Å²) in [6.45, 7) is 0.602. The number of carbonyl (C=O) groups is 1. The van der Waals surface area contributed by atoms with Gasteiger partial charge in [0.1, 0.15) is 5.56 Å². The van der Waals surface area contributed by atoms with E-state index in [2.05, 4.69) is 10.3 Å². The van der Waals surface area contributed by atoms with Crippen molar-refractivity contribution in [1.29, 1.82) is 0 Å². The molecular formula is C14H19ClN2O2. The van der Waals surface area contributed by atoms with Crippen LogP contribution in [0.2, 0.25) is 0 Å². The van der Waals surface area contributed by atoms with Gasteiger partial charge in [0, 0.05) is 30.9 Å². The van der Waals surface area contributed by atoms with Crippen LogP contribution < -0.4 is 10.7 Å². The molecule has 1 saturated carbocycles. The molecular weight excluding hydrogens is 264 g/mol. The van der Waals surface area contributed by atoms with Crippen LogP contribution in [-0.2, 0) is 0 Å². The summed E-state index contributed by atoms with van der Waals surface area (Å²) in [4.78, 5) is 26.2. The second kappa shape index (κ2) is 6.75. The quantitative estimate of drug-likeness (QED) is 0.831. The third-order valence-corrected chi connectivity index (χ3v) is 4.25. The molecule has 0 aromatic carbocycles. The molecule has 1 aromatic heterocycles. The third kappa shape index (κ3) is 3.60. The lowest BCUT2D eigenvalue weighted by atomic mass is 9.80. The van der Waals surface area contributed by atoms with Crippen LogP contribution >= 0.6 is 11.6 Å². The van der Waals surface area contributed by atoms with Gasteiger partial charge in [-0.1, -0.05) is 12.8 Å². The van der Waals surface area contributed by atoms with E-state index in [1.807, 2.05) is 0 Å². The molecule has 0 aliphatic heterocycles. The number of amides is 1. The van der Waals surface area contributed by atoms with Crippen LogP contribution in [0.3, 0.4) is 0 Å². The summed E-state index contributed by atoms with van der Waals surface area (Å²) in [5.74, 6) is 1.25. The third-order valence-electron chi connectivity index (χ3n) is 3.86. The fraction of sp³-hybridized carbons (Fsp3) is 0.571. The molecule has 0 radical (unpaired) electrons. The Bertz CT molecular complexity index is 486. The number of hydrogen-bond donors (Lipinski definition) is 2. The maximum Gasteiger partial charge on any atom is 0.256 e. The highest BCUT2D eigenvalue weighted by Crippen LogP contribution is 2.30. The van der Waals surface area contributed by atoms with E-state index in [0.29, 0.717) is 24.3 Å². The lowest BCUT2D eigenvalue weighted by Gasteiger charge is -2.30. The minimum Gasteiger partial charge on any atom is -0.367 e. The van der Waals surface area contributed by atoms with Gasteiger partial charge < -0.3 is 10.3 Å². The summed E-state index contributed by atoms with van der Waals surface area (Å²) in [6.07, 6.45) is 7.61. The molecule has 2 N–H and O–H groups in total. The highest BCUT2D eigenvalue weighted by atomic mass is 35.5. The van der Waals surface area contributed by atoms with Gasteiger partial charge in [0.15, 0.2) is 5.43 Å². The zero-order valence-electron chi connectivity index (χ0n) is 10.8. The van der Waals surface area contributed by atoms with Gasteiger partial charge in [0.25, 0.3) is 5.91 Å². The van der Waals surface area contributed by atoms with Crippen LogP contribution in [-0.4, -0.2) is 23.3 Å². The van der Waals surface area contributed by atoms with Crippen molar-refractivity contribution in [2.45, 2.75) is 25.7 Å². The molecule has 2 atom stereocenters. The lowest BCUT2D eigenvalue weighted by Crippen LogP contribution is -2.36. The average Bonchev–Trinajstić information content (AvgIpc) is 2.45. The fourth-order valence-electron chi connectivity index (χ4n) is 2.67. The van der Waals surface area contributed by atoms with Gasteiger partial charge in [-0.15, -0.1) is 11.6 Å². The van der Waals surface area contributed by atoms with Gasteiger partial charge in [-0.25, -0.2) is 0 Å². The van der Waals surface area contributed by atoms with Gasteiger partial charge in [0.05, 0.1) is 0 Å². The first kappa shape index (κ1) is 14.1. The molecule has 104 valence electrons. The molecule has 2 rings (SSSR count). The van der Waals surface area contributed by atoms with E-state index >= 15 is 0 Å². The first-order chi connectivity index (χ1) is 9.22. The molecule has 1 heterocycles. The van der Waals surface area contributed by atoms with Crippen molar-refractivity contribution in [1.82, 2.24) is 10.3 Å². The summed E-state index contributed by atoms with van der Waals surface area (Å²) in [6, 6.07) is 1.36. The van der Waals surface area contributed by atoms with E-state index in [1.165, 1.54) is 31.3 Å². The Morgan fingerprint density at radius 2 is 2.11 bits per heavy atom. The van der Waals surface area contributed by atoms with Crippen molar-refractivity contribution in [2.24, 2.45) is 11.8 Å². The molecule has 1 fully saturated rings. The number of carbonyl (C=O) groups excluding carboxylic acids is 1. The Morgan fingerprint density at radius 1 is 1.37 bits per heavy atom. The second-order valence-corrected chi connectivity index (χ2v) is 5.40. The van der Waals surface area contributed by atoms with Crippen LogP contribution in [0.5, 0.6) is 0 Å². The van der Waals surface area contributed by atoms with E-state index in [9.17, 15) is 9.59 Å². The molecule has 1 aromatic rings. The standard InChI is InChI=1S/C14H19ClN2O2/c15-7-10-3-1-2-4-11(10)8-17-14(19)12-9-16-6-5-13(12)18/h5-6,9-11H,1-4,7-8H2,(H,16,18)(H,17,19). The van der Waals surface area contributed by atoms with Gasteiger partial charge in [0.2, 0.25) is 0 Å². The average molecular weight is 283 g/mol. The molecule has 0 spiro atoms. The van der Waals surface area contributed by atoms with Gasteiger partial charge >= 0.3 is 0 Å². The van der Waals surface area contributed by atoms with Crippen molar-refractivity contribution < 1.29 is 4.79 Å².